The summed E-state index contributed by atoms with van der Waals surface area (Å²) in [5, 5.41) is 0. The lowest BCUT2D eigenvalue weighted by atomic mass is 9.98. The van der Waals surface area contributed by atoms with Crippen molar-refractivity contribution in [2.75, 3.05) is 26.0 Å². The van der Waals surface area contributed by atoms with Gasteiger partial charge >= 0.3 is 6.01 Å². The van der Waals surface area contributed by atoms with Crippen LogP contribution in [0.5, 0.6) is 6.01 Å². The van der Waals surface area contributed by atoms with Crippen LogP contribution in [0.4, 0.5) is 0 Å². The lowest BCUT2D eigenvalue weighted by Crippen LogP contribution is -2.35. The second kappa shape index (κ2) is 4.94. The number of aromatic nitrogens is 2. The Balaban J connectivity index is 1.63. The number of hydrogen-bond acceptors (Lipinski definition) is 6. The Morgan fingerprint density at radius 3 is 2.85 bits per heavy atom. The summed E-state index contributed by atoms with van der Waals surface area (Å²) in [5.41, 5.74) is -0.414. The van der Waals surface area contributed by atoms with Crippen LogP contribution in [0.3, 0.4) is 0 Å². The summed E-state index contributed by atoms with van der Waals surface area (Å²) in [5.74, 6) is 0. The second-order valence-corrected chi connectivity index (χ2v) is 7.30. The molecule has 110 valence electrons. The third-order valence-electron chi connectivity index (χ3n) is 3.74. The highest BCUT2D eigenvalue weighted by molar-refractivity contribution is 7.88. The van der Waals surface area contributed by atoms with Crippen LogP contribution in [-0.2, 0) is 14.8 Å². The van der Waals surface area contributed by atoms with Gasteiger partial charge in [-0.15, -0.1) is 0 Å². The molecule has 0 amide bonds. The van der Waals surface area contributed by atoms with E-state index in [2.05, 4.69) is 9.97 Å². The van der Waals surface area contributed by atoms with Gasteiger partial charge in [-0.2, -0.15) is 4.31 Å². The van der Waals surface area contributed by atoms with Crippen LogP contribution in [-0.4, -0.2) is 60.3 Å². The first-order valence-corrected chi connectivity index (χ1v) is 8.34. The van der Waals surface area contributed by atoms with Gasteiger partial charge in [0.15, 0.2) is 0 Å². The summed E-state index contributed by atoms with van der Waals surface area (Å²) in [7, 11) is -3.15. The number of nitrogens with zero attached hydrogens (tertiary/aromatic N) is 3. The van der Waals surface area contributed by atoms with Gasteiger partial charge in [-0.05, 0) is 12.5 Å². The molecule has 3 rings (SSSR count). The first-order chi connectivity index (χ1) is 9.47. The molecule has 1 aromatic rings. The van der Waals surface area contributed by atoms with E-state index in [9.17, 15) is 8.42 Å². The minimum atomic E-state index is -3.15. The van der Waals surface area contributed by atoms with Gasteiger partial charge in [-0.25, -0.2) is 18.4 Å². The molecular formula is C12H17N3O4S. The summed E-state index contributed by atoms with van der Waals surface area (Å²) in [6.07, 6.45) is 5.71. The molecule has 1 aromatic heterocycles. The van der Waals surface area contributed by atoms with Crippen molar-refractivity contribution < 1.29 is 17.9 Å². The predicted molar refractivity (Wildman–Crippen MR) is 70.8 cm³/mol. The molecule has 8 heteroatoms. The van der Waals surface area contributed by atoms with Crippen molar-refractivity contribution >= 4 is 10.0 Å². The predicted octanol–water partition coefficient (Wildman–Crippen LogP) is 0.0484. The van der Waals surface area contributed by atoms with Crippen molar-refractivity contribution in [3.8, 4) is 6.01 Å². The molecular weight excluding hydrogens is 282 g/mol. The van der Waals surface area contributed by atoms with Gasteiger partial charge in [-0.1, -0.05) is 0 Å². The maximum atomic E-state index is 11.6. The summed E-state index contributed by atoms with van der Waals surface area (Å²) >= 11 is 0. The standard InChI is InChI=1S/C12H17N3O4S/c1-20(16,17)15-6-3-12(9-15)7-10(8-18-12)19-11-13-4-2-5-14-11/h2,4-5,10H,3,6-9H2,1H3/t10-,12-/m0/s1. The summed E-state index contributed by atoms with van der Waals surface area (Å²) in [4.78, 5) is 8.03. The summed E-state index contributed by atoms with van der Waals surface area (Å²) < 4.78 is 36.1. The molecule has 7 nitrogen and oxygen atoms in total. The molecule has 0 N–H and O–H groups in total. The Morgan fingerprint density at radius 1 is 1.45 bits per heavy atom. The molecule has 0 radical (unpaired) electrons. The van der Waals surface area contributed by atoms with E-state index in [0.717, 1.165) is 0 Å². The number of hydrogen-bond donors (Lipinski definition) is 0. The minimum Gasteiger partial charge on any atom is -0.458 e. The largest absolute Gasteiger partial charge is 0.458 e. The molecule has 0 saturated carbocycles. The zero-order valence-corrected chi connectivity index (χ0v) is 12.0. The minimum absolute atomic E-state index is 0.128. The van der Waals surface area contributed by atoms with E-state index in [1.165, 1.54) is 10.6 Å². The molecule has 2 saturated heterocycles. The molecule has 2 atom stereocenters. The number of rotatable bonds is 3. The fourth-order valence-corrected chi connectivity index (χ4v) is 3.64. The van der Waals surface area contributed by atoms with Crippen molar-refractivity contribution in [3.05, 3.63) is 18.5 Å². The first-order valence-electron chi connectivity index (χ1n) is 6.50. The highest BCUT2D eigenvalue weighted by atomic mass is 32.2. The SMILES string of the molecule is CS(=O)(=O)N1CC[C@]2(C[C@H](Oc3ncccn3)CO2)C1. The van der Waals surface area contributed by atoms with Crippen LogP contribution in [0.2, 0.25) is 0 Å². The Labute approximate surface area is 118 Å². The molecule has 20 heavy (non-hydrogen) atoms. The monoisotopic (exact) mass is 299 g/mol. The summed E-state index contributed by atoms with van der Waals surface area (Å²) in [6.45, 7) is 1.35. The van der Waals surface area contributed by atoms with Crippen LogP contribution < -0.4 is 4.74 Å². The lowest BCUT2D eigenvalue weighted by molar-refractivity contribution is 0.0141. The average molecular weight is 299 g/mol. The quantitative estimate of drug-likeness (QED) is 0.784. The number of ether oxygens (including phenoxy) is 2. The van der Waals surface area contributed by atoms with Crippen molar-refractivity contribution in [1.29, 1.82) is 0 Å². The van der Waals surface area contributed by atoms with Crippen LogP contribution in [0.25, 0.3) is 0 Å². The Bertz CT molecular complexity index is 580. The Morgan fingerprint density at radius 2 is 2.20 bits per heavy atom. The molecule has 3 heterocycles. The highest BCUT2D eigenvalue weighted by Gasteiger charge is 2.48. The van der Waals surface area contributed by atoms with Crippen LogP contribution in [0.1, 0.15) is 12.8 Å². The molecule has 2 aliphatic rings. The van der Waals surface area contributed by atoms with Crippen LogP contribution >= 0.6 is 0 Å². The molecule has 0 unspecified atom stereocenters. The first kappa shape index (κ1) is 13.7. The highest BCUT2D eigenvalue weighted by Crippen LogP contribution is 2.36. The van der Waals surface area contributed by atoms with Crippen molar-refractivity contribution in [2.24, 2.45) is 0 Å². The second-order valence-electron chi connectivity index (χ2n) is 5.32. The zero-order chi connectivity index (χ0) is 14.2. The van der Waals surface area contributed by atoms with Gasteiger partial charge in [0.05, 0.1) is 18.5 Å². The summed E-state index contributed by atoms with van der Waals surface area (Å²) in [6, 6.07) is 2.05. The fraction of sp³-hybridized carbons (Fsp3) is 0.667. The number of sulfonamides is 1. The van der Waals surface area contributed by atoms with E-state index >= 15 is 0 Å². The maximum absolute atomic E-state index is 11.6. The maximum Gasteiger partial charge on any atom is 0.316 e. The third kappa shape index (κ3) is 2.77. The van der Waals surface area contributed by atoms with Gasteiger partial charge in [0.25, 0.3) is 0 Å². The van der Waals surface area contributed by atoms with E-state index in [-0.39, 0.29) is 6.10 Å². The Kier molecular flexibility index (Phi) is 3.39. The smallest absolute Gasteiger partial charge is 0.316 e. The van der Waals surface area contributed by atoms with Crippen molar-refractivity contribution in [2.45, 2.75) is 24.5 Å². The van der Waals surface area contributed by atoms with E-state index < -0.39 is 15.6 Å². The van der Waals surface area contributed by atoms with Gasteiger partial charge in [-0.3, -0.25) is 0 Å². The van der Waals surface area contributed by atoms with Crippen molar-refractivity contribution in [1.82, 2.24) is 14.3 Å². The molecule has 0 aliphatic carbocycles. The lowest BCUT2D eigenvalue weighted by Gasteiger charge is -2.22. The normalized spacial score (nSPS) is 30.9. The third-order valence-corrected chi connectivity index (χ3v) is 4.99. The zero-order valence-electron chi connectivity index (χ0n) is 11.2. The fourth-order valence-electron chi connectivity index (χ4n) is 2.75. The van der Waals surface area contributed by atoms with E-state index in [4.69, 9.17) is 9.47 Å². The molecule has 2 aliphatic heterocycles. The average Bonchev–Trinajstić information content (AvgIpc) is 2.99. The van der Waals surface area contributed by atoms with Crippen LogP contribution in [0.15, 0.2) is 18.5 Å². The van der Waals surface area contributed by atoms with E-state index in [1.54, 1.807) is 18.5 Å². The van der Waals surface area contributed by atoms with Gasteiger partial charge in [0, 0.05) is 31.9 Å². The Hall–Kier alpha value is -1.25. The molecule has 2 fully saturated rings. The molecule has 0 bridgehead atoms. The topological polar surface area (TPSA) is 81.6 Å². The van der Waals surface area contributed by atoms with Gasteiger partial charge in [0.2, 0.25) is 10.0 Å². The van der Waals surface area contributed by atoms with Gasteiger partial charge in [0.1, 0.15) is 6.10 Å². The van der Waals surface area contributed by atoms with E-state index in [0.29, 0.717) is 38.5 Å². The van der Waals surface area contributed by atoms with E-state index in [1.807, 2.05) is 0 Å². The molecule has 0 aromatic carbocycles. The van der Waals surface area contributed by atoms with Crippen LogP contribution in [0, 0.1) is 0 Å². The van der Waals surface area contributed by atoms with Gasteiger partial charge < -0.3 is 9.47 Å². The molecule has 1 spiro atoms. The van der Waals surface area contributed by atoms with Crippen molar-refractivity contribution in [3.63, 3.8) is 0 Å².